The summed E-state index contributed by atoms with van der Waals surface area (Å²) >= 11 is 8.13. The van der Waals surface area contributed by atoms with Crippen LogP contribution in [0.3, 0.4) is 0 Å². The summed E-state index contributed by atoms with van der Waals surface area (Å²) < 4.78 is 42.2. The maximum Gasteiger partial charge on any atom is 0.345 e. The number of halogens is 3. The predicted molar refractivity (Wildman–Crippen MR) is 148 cm³/mol. The molecule has 40 heavy (non-hydrogen) atoms. The molecule has 1 aliphatic carbocycles. The molecule has 222 valence electrons. The number of amides is 2. The van der Waals surface area contributed by atoms with Gasteiger partial charge in [-0.3, -0.25) is 19.8 Å². The van der Waals surface area contributed by atoms with E-state index in [2.05, 4.69) is 25.6 Å². The number of likely N-dealkylation sites (tertiary alicyclic amines) is 1. The van der Waals surface area contributed by atoms with Crippen LogP contribution in [0.15, 0.2) is 6.07 Å². The van der Waals surface area contributed by atoms with Gasteiger partial charge in [0.25, 0.3) is 11.7 Å². The summed E-state index contributed by atoms with van der Waals surface area (Å²) in [4.78, 5) is 28.0. The maximum atomic E-state index is 13.2. The molecule has 1 aromatic rings. The van der Waals surface area contributed by atoms with Crippen molar-refractivity contribution in [1.29, 1.82) is 0 Å². The van der Waals surface area contributed by atoms with Gasteiger partial charge in [0.05, 0.1) is 28.6 Å². The highest BCUT2D eigenvalue weighted by molar-refractivity contribution is 7.99. The zero-order valence-electron chi connectivity index (χ0n) is 23.1. The fourth-order valence-corrected chi connectivity index (χ4v) is 7.43. The van der Waals surface area contributed by atoms with Crippen LogP contribution in [-0.4, -0.2) is 78.7 Å². The van der Waals surface area contributed by atoms with Gasteiger partial charge in [-0.1, -0.05) is 11.6 Å². The van der Waals surface area contributed by atoms with E-state index in [1.807, 2.05) is 20.1 Å². The molecule has 4 unspecified atom stereocenters. The maximum absolute atomic E-state index is 13.2. The number of thioether (sulfide) groups is 1. The third-order valence-corrected chi connectivity index (χ3v) is 9.88. The van der Waals surface area contributed by atoms with E-state index < -0.39 is 24.4 Å². The number of rotatable bonds is 8. The van der Waals surface area contributed by atoms with E-state index in [-0.39, 0.29) is 35.8 Å². The first-order chi connectivity index (χ1) is 19.0. The Morgan fingerprint density at radius 3 is 2.60 bits per heavy atom. The van der Waals surface area contributed by atoms with Gasteiger partial charge < -0.3 is 24.8 Å². The van der Waals surface area contributed by atoms with Gasteiger partial charge in [0.15, 0.2) is 11.5 Å². The van der Waals surface area contributed by atoms with Crippen molar-refractivity contribution in [3.8, 4) is 11.5 Å². The molecule has 3 heterocycles. The summed E-state index contributed by atoms with van der Waals surface area (Å²) in [6.07, 6.45) is 4.91. The lowest BCUT2D eigenvalue weighted by Gasteiger charge is -2.47. The minimum absolute atomic E-state index is 0.0986. The minimum atomic E-state index is -2.73. The summed E-state index contributed by atoms with van der Waals surface area (Å²) in [5.74, 6) is -0.797. The highest BCUT2D eigenvalue weighted by Crippen LogP contribution is 2.52. The lowest BCUT2D eigenvalue weighted by atomic mass is 9.80. The molecule has 4 atom stereocenters. The van der Waals surface area contributed by atoms with Crippen molar-refractivity contribution in [3.63, 3.8) is 0 Å². The smallest absolute Gasteiger partial charge is 0.345 e. The lowest BCUT2D eigenvalue weighted by Crippen LogP contribution is -2.61. The van der Waals surface area contributed by atoms with Gasteiger partial charge >= 0.3 is 6.61 Å². The van der Waals surface area contributed by atoms with Gasteiger partial charge in [0.2, 0.25) is 5.91 Å². The van der Waals surface area contributed by atoms with E-state index >= 15 is 0 Å². The van der Waals surface area contributed by atoms with Crippen LogP contribution >= 0.6 is 23.4 Å². The Hall–Kier alpha value is -1.86. The van der Waals surface area contributed by atoms with Gasteiger partial charge in [0.1, 0.15) is 0 Å². The molecule has 2 saturated heterocycles. The fourth-order valence-electron chi connectivity index (χ4n) is 6.30. The highest BCUT2D eigenvalue weighted by Gasteiger charge is 2.48. The molecule has 0 spiro atoms. The van der Waals surface area contributed by atoms with Crippen LogP contribution in [0.25, 0.3) is 0 Å². The Morgan fingerprint density at radius 1 is 1.27 bits per heavy atom. The van der Waals surface area contributed by atoms with E-state index in [0.29, 0.717) is 46.8 Å². The summed E-state index contributed by atoms with van der Waals surface area (Å²) in [5, 5.41) is 9.26. The average Bonchev–Trinajstić information content (AvgIpc) is 3.26. The normalized spacial score (nSPS) is 32.6. The zero-order valence-corrected chi connectivity index (χ0v) is 24.7. The second kappa shape index (κ2) is 11.8. The first-order valence-corrected chi connectivity index (χ1v) is 15.4. The van der Waals surface area contributed by atoms with Gasteiger partial charge in [0, 0.05) is 49.6 Å². The Labute approximate surface area is 242 Å². The molecule has 3 N–H and O–H groups in total. The van der Waals surface area contributed by atoms with Crippen LogP contribution in [0.1, 0.15) is 55.5 Å². The monoisotopic (exact) mass is 602 g/mol. The van der Waals surface area contributed by atoms with Crippen molar-refractivity contribution in [3.05, 3.63) is 22.2 Å². The summed E-state index contributed by atoms with van der Waals surface area (Å²) in [6, 6.07) is 1.92. The molecule has 1 aromatic carbocycles. The minimum Gasteiger partial charge on any atom is -0.448 e. The second-order valence-corrected chi connectivity index (χ2v) is 12.6. The van der Waals surface area contributed by atoms with E-state index in [4.69, 9.17) is 21.1 Å². The number of nitrogens with zero attached hydrogens (tertiary/aromatic N) is 1. The molecule has 1 saturated carbocycles. The van der Waals surface area contributed by atoms with Crippen LogP contribution < -0.4 is 25.4 Å². The third-order valence-electron chi connectivity index (χ3n) is 8.63. The Bertz CT molecular complexity index is 1130. The number of carbonyl (C=O) groups is 2. The number of hydrogen-bond donors (Lipinski definition) is 3. The SMILES string of the molecule is CSC1NC(C)NC(=O)C1CNC(=O)c1cc(Cl)c2c(c1C)OC(C)(C1CCC(N3CC(OC(F)F)C3)CC1)O2. The van der Waals surface area contributed by atoms with E-state index in [9.17, 15) is 18.4 Å². The lowest BCUT2D eigenvalue weighted by molar-refractivity contribution is -0.203. The quantitative estimate of drug-likeness (QED) is 0.414. The Morgan fingerprint density at radius 2 is 1.95 bits per heavy atom. The van der Waals surface area contributed by atoms with Crippen molar-refractivity contribution in [1.82, 2.24) is 20.9 Å². The van der Waals surface area contributed by atoms with Gasteiger partial charge in [-0.25, -0.2) is 0 Å². The number of nitrogens with one attached hydrogen (secondary N) is 3. The zero-order chi connectivity index (χ0) is 28.8. The molecule has 5 rings (SSSR count). The summed E-state index contributed by atoms with van der Waals surface area (Å²) in [7, 11) is 0. The molecule has 13 heteroatoms. The molecule has 2 amide bonds. The highest BCUT2D eigenvalue weighted by atomic mass is 35.5. The van der Waals surface area contributed by atoms with Crippen LogP contribution in [-0.2, 0) is 9.53 Å². The molecule has 3 aliphatic heterocycles. The van der Waals surface area contributed by atoms with E-state index in [0.717, 1.165) is 25.7 Å². The number of ether oxygens (including phenoxy) is 3. The molecule has 4 aliphatic rings. The summed E-state index contributed by atoms with van der Waals surface area (Å²) in [5.41, 5.74) is 0.998. The largest absolute Gasteiger partial charge is 0.448 e. The Balaban J connectivity index is 1.20. The standard InChI is InChI=1S/C27H37ClF2N4O5S/c1-13-18(23(35)31-10-19-24(36)32-14(2)33-25(19)40-4)9-20(28)22-21(13)38-27(3,39-22)15-5-7-16(8-6-15)34-11-17(12-34)37-26(29)30/h9,14-17,19,25-26,33H,5-8,10-12H2,1-4H3,(H,31,35)(H,32,36). The molecule has 3 fully saturated rings. The predicted octanol–water partition coefficient (Wildman–Crippen LogP) is 3.72. The van der Waals surface area contributed by atoms with Crippen LogP contribution in [0.4, 0.5) is 8.78 Å². The van der Waals surface area contributed by atoms with E-state index in [1.165, 1.54) is 11.8 Å². The van der Waals surface area contributed by atoms with Crippen molar-refractivity contribution < 1.29 is 32.6 Å². The van der Waals surface area contributed by atoms with Crippen LogP contribution in [0.2, 0.25) is 5.02 Å². The molecule has 0 bridgehead atoms. The average molecular weight is 603 g/mol. The van der Waals surface area contributed by atoms with Crippen molar-refractivity contribution in [2.24, 2.45) is 11.8 Å². The molecular weight excluding hydrogens is 566 g/mol. The van der Waals surface area contributed by atoms with Crippen LogP contribution in [0, 0.1) is 18.8 Å². The molecule has 0 radical (unpaired) electrons. The number of alkyl halides is 2. The van der Waals surface area contributed by atoms with Gasteiger partial charge in [-0.2, -0.15) is 8.78 Å². The number of carbonyl (C=O) groups excluding carboxylic acids is 2. The van der Waals surface area contributed by atoms with Crippen LogP contribution in [0.5, 0.6) is 11.5 Å². The number of hydrogen-bond acceptors (Lipinski definition) is 8. The van der Waals surface area contributed by atoms with Crippen molar-refractivity contribution in [2.75, 3.05) is 25.9 Å². The van der Waals surface area contributed by atoms with E-state index in [1.54, 1.807) is 13.0 Å². The number of fused-ring (bicyclic) bond motifs is 1. The van der Waals surface area contributed by atoms with Crippen molar-refractivity contribution in [2.45, 2.75) is 82.5 Å². The third kappa shape index (κ3) is 5.88. The fraction of sp³-hybridized carbons (Fsp3) is 0.704. The summed E-state index contributed by atoms with van der Waals surface area (Å²) in [6.45, 7) is 4.11. The first kappa shape index (κ1) is 29.6. The Kier molecular flexibility index (Phi) is 8.73. The first-order valence-electron chi connectivity index (χ1n) is 13.7. The van der Waals surface area contributed by atoms with Gasteiger partial charge in [-0.15, -0.1) is 11.8 Å². The second-order valence-electron chi connectivity index (χ2n) is 11.3. The van der Waals surface area contributed by atoms with Gasteiger partial charge in [-0.05, 0) is 51.9 Å². The number of benzene rings is 1. The molecular formula is C27H37ClF2N4O5S. The molecule has 0 aromatic heterocycles. The topological polar surface area (TPSA) is 101 Å². The molecule has 9 nitrogen and oxygen atoms in total. The van der Waals surface area contributed by atoms with Crippen molar-refractivity contribution >= 4 is 35.2 Å².